The summed E-state index contributed by atoms with van der Waals surface area (Å²) in [6.45, 7) is 2.87. The minimum absolute atomic E-state index is 0.101. The molecule has 0 spiro atoms. The van der Waals surface area contributed by atoms with Gasteiger partial charge >= 0.3 is 0 Å². The third-order valence-corrected chi connectivity index (χ3v) is 2.54. The number of fused-ring (bicyclic) bond motifs is 1. The highest BCUT2D eigenvalue weighted by Crippen LogP contribution is 2.38. The smallest absolute Gasteiger partial charge is 0.220 e. The number of ether oxygens (including phenoxy) is 2. The van der Waals surface area contributed by atoms with E-state index >= 15 is 0 Å². The lowest BCUT2D eigenvalue weighted by Crippen LogP contribution is -2.28. The first-order valence-corrected chi connectivity index (χ1v) is 4.15. The van der Waals surface area contributed by atoms with Crippen LogP contribution in [0.5, 0.6) is 0 Å². The topological polar surface area (TPSA) is 38.5 Å². The van der Waals surface area contributed by atoms with Gasteiger partial charge in [-0.15, -0.1) is 0 Å². The number of hydrogen-bond acceptors (Lipinski definition) is 3. The maximum atomic E-state index is 11.0. The highest BCUT2D eigenvalue weighted by Gasteiger charge is 2.58. The van der Waals surface area contributed by atoms with Crippen molar-refractivity contribution in [2.45, 2.75) is 25.1 Å². The first-order valence-electron chi connectivity index (χ1n) is 4.15. The van der Waals surface area contributed by atoms with E-state index in [9.17, 15) is 4.79 Å². The molecule has 2 aliphatic rings. The van der Waals surface area contributed by atoms with Gasteiger partial charge in [-0.05, 0) is 0 Å². The lowest BCUT2D eigenvalue weighted by atomic mass is 10.2. The number of hydrogen-bond donors (Lipinski definition) is 0. The number of methoxy groups -OCH3 is 1. The van der Waals surface area contributed by atoms with Crippen LogP contribution in [0.1, 0.15) is 6.92 Å². The van der Waals surface area contributed by atoms with E-state index in [-0.39, 0.29) is 12.0 Å². The second-order valence-corrected chi connectivity index (χ2v) is 3.31. The fourth-order valence-corrected chi connectivity index (χ4v) is 1.98. The monoisotopic (exact) mass is 171 g/mol. The molecule has 0 aromatic heterocycles. The van der Waals surface area contributed by atoms with Gasteiger partial charge in [0.05, 0.1) is 25.3 Å². The molecule has 0 N–H and O–H groups in total. The quantitative estimate of drug-likeness (QED) is 0.532. The highest BCUT2D eigenvalue weighted by atomic mass is 16.5. The second kappa shape index (κ2) is 2.71. The molecule has 0 radical (unpaired) electrons. The van der Waals surface area contributed by atoms with Gasteiger partial charge < -0.3 is 14.4 Å². The molecule has 0 aliphatic carbocycles. The summed E-state index contributed by atoms with van der Waals surface area (Å²) < 4.78 is 10.4. The fraction of sp³-hybridized carbons (Fsp3) is 0.875. The maximum Gasteiger partial charge on any atom is 0.220 e. The van der Waals surface area contributed by atoms with E-state index < -0.39 is 0 Å². The Balaban J connectivity index is 1.93. The van der Waals surface area contributed by atoms with Crippen molar-refractivity contribution in [1.82, 2.24) is 4.90 Å². The Morgan fingerprint density at radius 3 is 3.00 bits per heavy atom. The molecular formula is C8H13NO3. The van der Waals surface area contributed by atoms with E-state index in [0.717, 1.165) is 0 Å². The lowest BCUT2D eigenvalue weighted by molar-refractivity contribution is -0.127. The molecule has 4 nitrogen and oxygen atoms in total. The van der Waals surface area contributed by atoms with Crippen molar-refractivity contribution < 1.29 is 14.3 Å². The van der Waals surface area contributed by atoms with Gasteiger partial charge in [-0.1, -0.05) is 0 Å². The van der Waals surface area contributed by atoms with Crippen molar-refractivity contribution in [3.8, 4) is 0 Å². The minimum Gasteiger partial charge on any atom is -0.382 e. The van der Waals surface area contributed by atoms with Crippen LogP contribution in [0.3, 0.4) is 0 Å². The SMILES string of the molecule is COC[C@H]1OC[C@H]2[C@@H]1N2C(C)=O. The highest BCUT2D eigenvalue weighted by molar-refractivity contribution is 5.77. The van der Waals surface area contributed by atoms with Gasteiger partial charge in [0.15, 0.2) is 0 Å². The molecule has 1 amide bonds. The Labute approximate surface area is 71.4 Å². The Morgan fingerprint density at radius 2 is 2.50 bits per heavy atom. The van der Waals surface area contributed by atoms with Crippen molar-refractivity contribution in [3.63, 3.8) is 0 Å². The van der Waals surface area contributed by atoms with E-state index in [0.29, 0.717) is 25.3 Å². The molecule has 0 unspecified atom stereocenters. The van der Waals surface area contributed by atoms with Crippen molar-refractivity contribution in [1.29, 1.82) is 0 Å². The zero-order chi connectivity index (χ0) is 8.72. The maximum absolute atomic E-state index is 11.0. The first kappa shape index (κ1) is 8.01. The van der Waals surface area contributed by atoms with Gasteiger partial charge in [0.25, 0.3) is 0 Å². The average Bonchev–Trinajstić information content (AvgIpc) is 2.62. The summed E-state index contributed by atoms with van der Waals surface area (Å²) in [4.78, 5) is 12.9. The van der Waals surface area contributed by atoms with Crippen LogP contribution < -0.4 is 0 Å². The lowest BCUT2D eigenvalue weighted by Gasteiger charge is -2.14. The number of rotatable bonds is 2. The number of morpholine rings is 1. The van der Waals surface area contributed by atoms with E-state index in [1.807, 2.05) is 4.90 Å². The molecule has 0 aromatic carbocycles. The van der Waals surface area contributed by atoms with Gasteiger partial charge in [0.1, 0.15) is 6.10 Å². The third-order valence-electron chi connectivity index (χ3n) is 2.54. The first-order chi connectivity index (χ1) is 5.75. The largest absolute Gasteiger partial charge is 0.382 e. The summed E-state index contributed by atoms with van der Waals surface area (Å²) in [7, 11) is 1.65. The summed E-state index contributed by atoms with van der Waals surface area (Å²) in [6, 6.07) is 0.630. The van der Waals surface area contributed by atoms with E-state index in [1.165, 1.54) is 0 Å². The average molecular weight is 171 g/mol. The number of carbonyl (C=O) groups is 1. The Kier molecular flexibility index (Phi) is 1.81. The summed E-state index contributed by atoms with van der Waals surface area (Å²) >= 11 is 0. The van der Waals surface area contributed by atoms with Crippen LogP contribution in [-0.2, 0) is 14.3 Å². The van der Waals surface area contributed by atoms with Crippen LogP contribution in [-0.4, -0.2) is 49.3 Å². The van der Waals surface area contributed by atoms with Crippen LogP contribution >= 0.6 is 0 Å². The minimum atomic E-state index is 0.101. The molecule has 3 atom stereocenters. The Morgan fingerprint density at radius 1 is 1.75 bits per heavy atom. The molecule has 68 valence electrons. The predicted molar refractivity (Wildman–Crippen MR) is 41.7 cm³/mol. The van der Waals surface area contributed by atoms with Gasteiger partial charge in [-0.25, -0.2) is 0 Å². The molecule has 4 heteroatoms. The van der Waals surface area contributed by atoms with Crippen molar-refractivity contribution in [2.75, 3.05) is 20.3 Å². The van der Waals surface area contributed by atoms with Crippen LogP contribution in [0.2, 0.25) is 0 Å². The standard InChI is InChI=1S/C8H13NO3/c1-5(10)9-6-3-12-7(4-11-2)8(6)9/h6-8H,3-4H2,1-2H3/t6-,7+,8-,9?/m0/s1. The van der Waals surface area contributed by atoms with Gasteiger partial charge in [0.2, 0.25) is 5.91 Å². The third kappa shape index (κ3) is 1.03. The molecule has 0 bridgehead atoms. The van der Waals surface area contributed by atoms with Gasteiger partial charge in [-0.3, -0.25) is 4.79 Å². The van der Waals surface area contributed by atoms with Gasteiger partial charge in [-0.2, -0.15) is 0 Å². The number of nitrogens with zero attached hydrogens (tertiary/aromatic N) is 1. The zero-order valence-corrected chi connectivity index (χ0v) is 7.32. The molecule has 2 fully saturated rings. The molecular weight excluding hydrogens is 158 g/mol. The van der Waals surface area contributed by atoms with Crippen LogP contribution in [0.4, 0.5) is 0 Å². The fourth-order valence-electron chi connectivity index (χ4n) is 1.98. The molecule has 0 aromatic rings. The molecule has 2 rings (SSSR count). The summed E-state index contributed by atoms with van der Waals surface area (Å²) in [6.07, 6.45) is 0.101. The zero-order valence-electron chi connectivity index (χ0n) is 7.32. The van der Waals surface area contributed by atoms with E-state index in [1.54, 1.807) is 14.0 Å². The van der Waals surface area contributed by atoms with E-state index in [2.05, 4.69) is 0 Å². The second-order valence-electron chi connectivity index (χ2n) is 3.31. The normalized spacial score (nSPS) is 38.2. The molecule has 2 saturated heterocycles. The Hall–Kier alpha value is -0.610. The van der Waals surface area contributed by atoms with Crippen molar-refractivity contribution in [2.24, 2.45) is 0 Å². The Bertz CT molecular complexity index is 206. The summed E-state index contributed by atoms with van der Waals surface area (Å²) in [5.74, 6) is 0.148. The van der Waals surface area contributed by atoms with Crippen LogP contribution in [0, 0.1) is 0 Å². The van der Waals surface area contributed by atoms with Crippen LogP contribution in [0.15, 0.2) is 0 Å². The predicted octanol–water partition coefficient (Wildman–Crippen LogP) is -0.369. The summed E-state index contributed by atoms with van der Waals surface area (Å²) in [5, 5.41) is 0. The number of amides is 1. The van der Waals surface area contributed by atoms with Crippen molar-refractivity contribution >= 4 is 5.91 Å². The molecule has 2 heterocycles. The van der Waals surface area contributed by atoms with Crippen molar-refractivity contribution in [3.05, 3.63) is 0 Å². The molecule has 0 saturated carbocycles. The van der Waals surface area contributed by atoms with Gasteiger partial charge in [0, 0.05) is 14.0 Å². The van der Waals surface area contributed by atoms with Crippen LogP contribution in [0.25, 0.3) is 0 Å². The number of carbonyl (C=O) groups excluding carboxylic acids is 1. The van der Waals surface area contributed by atoms with E-state index in [4.69, 9.17) is 9.47 Å². The molecule has 12 heavy (non-hydrogen) atoms. The molecule has 2 aliphatic heterocycles. The summed E-state index contributed by atoms with van der Waals surface area (Å²) in [5.41, 5.74) is 0.